The summed E-state index contributed by atoms with van der Waals surface area (Å²) in [6.45, 7) is 6.80. The van der Waals surface area contributed by atoms with Crippen molar-refractivity contribution >= 4 is 22.6 Å². The van der Waals surface area contributed by atoms with Gasteiger partial charge in [-0.3, -0.25) is 0 Å². The molecule has 3 atom stereocenters. The fourth-order valence-electron chi connectivity index (χ4n) is 2.96. The van der Waals surface area contributed by atoms with Crippen molar-refractivity contribution < 1.29 is 4.74 Å². The summed E-state index contributed by atoms with van der Waals surface area (Å²) in [5.74, 6) is 1.66. The Bertz CT molecular complexity index is 512. The highest BCUT2D eigenvalue weighted by atomic mass is 127. The number of benzene rings is 1. The largest absolute Gasteiger partial charge is 0.488 e. The molecule has 3 unspecified atom stereocenters. The van der Waals surface area contributed by atoms with Crippen LogP contribution in [0.1, 0.15) is 38.3 Å². The zero-order chi connectivity index (χ0) is 13.6. The third-order valence-corrected chi connectivity index (χ3v) is 5.39. The monoisotopic (exact) mass is 368 g/mol. The van der Waals surface area contributed by atoms with E-state index in [-0.39, 0.29) is 5.41 Å². The summed E-state index contributed by atoms with van der Waals surface area (Å²) >= 11 is 2.53. The van der Waals surface area contributed by atoms with Crippen LogP contribution in [0.2, 0.25) is 0 Å². The molecule has 1 aromatic rings. The van der Waals surface area contributed by atoms with Crippen LogP contribution in [0.15, 0.2) is 30.4 Å². The van der Waals surface area contributed by atoms with Crippen molar-refractivity contribution in [1.82, 2.24) is 0 Å². The fourth-order valence-corrected chi connectivity index (χ4v) is 3.94. The van der Waals surface area contributed by atoms with Crippen LogP contribution >= 0.6 is 22.6 Å². The Morgan fingerprint density at radius 3 is 2.79 bits per heavy atom. The van der Waals surface area contributed by atoms with Gasteiger partial charge in [0, 0.05) is 5.92 Å². The van der Waals surface area contributed by atoms with Gasteiger partial charge in [-0.15, -0.1) is 0 Å². The lowest BCUT2D eigenvalue weighted by molar-refractivity contribution is 0.132. The third-order valence-electron chi connectivity index (χ3n) is 4.17. The van der Waals surface area contributed by atoms with E-state index < -0.39 is 0 Å². The van der Waals surface area contributed by atoms with Gasteiger partial charge in [-0.05, 0) is 35.4 Å². The predicted octanol–water partition coefficient (Wildman–Crippen LogP) is 4.67. The van der Waals surface area contributed by atoms with E-state index in [1.165, 1.54) is 11.1 Å². The smallest absolute Gasteiger partial charge is 0.123 e. The van der Waals surface area contributed by atoms with E-state index in [9.17, 15) is 0 Å². The molecule has 1 aliphatic heterocycles. The number of hydrogen-bond donors (Lipinski definition) is 0. The average molecular weight is 368 g/mol. The van der Waals surface area contributed by atoms with Crippen LogP contribution in [0.3, 0.4) is 0 Å². The molecule has 0 saturated carbocycles. The Morgan fingerprint density at radius 1 is 1.26 bits per heavy atom. The van der Waals surface area contributed by atoms with E-state index >= 15 is 0 Å². The normalized spacial score (nSPS) is 29.4. The first kappa shape index (κ1) is 13.5. The van der Waals surface area contributed by atoms with Crippen LogP contribution in [0.25, 0.3) is 0 Å². The van der Waals surface area contributed by atoms with Crippen molar-refractivity contribution in [2.24, 2.45) is 5.92 Å². The number of rotatable bonds is 0. The maximum atomic E-state index is 6.26. The van der Waals surface area contributed by atoms with E-state index in [0.29, 0.717) is 15.9 Å². The van der Waals surface area contributed by atoms with E-state index in [4.69, 9.17) is 4.74 Å². The Balaban J connectivity index is 1.95. The summed E-state index contributed by atoms with van der Waals surface area (Å²) in [6, 6.07) is 6.74. The summed E-state index contributed by atoms with van der Waals surface area (Å²) in [7, 11) is 0. The average Bonchev–Trinajstić information content (AvgIpc) is 2.35. The third kappa shape index (κ3) is 2.56. The molecule has 0 N–H and O–H groups in total. The second-order valence-corrected chi connectivity index (χ2v) is 8.30. The number of alkyl halides is 1. The molecule has 19 heavy (non-hydrogen) atoms. The second kappa shape index (κ2) is 4.80. The molecular weight excluding hydrogens is 347 g/mol. The Kier molecular flexibility index (Phi) is 3.40. The van der Waals surface area contributed by atoms with Crippen molar-refractivity contribution in [3.63, 3.8) is 0 Å². The summed E-state index contributed by atoms with van der Waals surface area (Å²) in [4.78, 5) is 0. The molecule has 0 aromatic heterocycles. The Morgan fingerprint density at radius 2 is 2.05 bits per heavy atom. The molecule has 1 aliphatic carbocycles. The topological polar surface area (TPSA) is 9.23 Å². The molecule has 0 saturated heterocycles. The SMILES string of the molecule is CC(C)(C)c1ccc2c(c1)CC1C=CCC(I)C1O2. The van der Waals surface area contributed by atoms with Gasteiger partial charge in [-0.2, -0.15) is 0 Å². The molecule has 1 nitrogen and oxygen atoms in total. The molecule has 0 fully saturated rings. The van der Waals surface area contributed by atoms with Gasteiger partial charge in [-0.25, -0.2) is 0 Å². The summed E-state index contributed by atoms with van der Waals surface area (Å²) in [5, 5.41) is 0. The van der Waals surface area contributed by atoms with Crippen molar-refractivity contribution in [3.8, 4) is 5.75 Å². The lowest BCUT2D eigenvalue weighted by atomic mass is 9.81. The molecule has 1 heterocycles. The molecule has 2 aliphatic rings. The van der Waals surface area contributed by atoms with E-state index in [2.05, 4.69) is 73.7 Å². The number of ether oxygens (including phenoxy) is 1. The highest BCUT2D eigenvalue weighted by molar-refractivity contribution is 14.1. The first-order valence-corrected chi connectivity index (χ1v) is 8.30. The van der Waals surface area contributed by atoms with Gasteiger partial charge in [0.05, 0.1) is 3.92 Å². The standard InChI is InChI=1S/C17H21IO/c1-17(2,3)13-7-8-15-12(10-13)9-11-5-4-6-14(18)16(11)19-15/h4-5,7-8,10-11,14,16H,6,9H2,1-3H3. The van der Waals surface area contributed by atoms with Crippen LogP contribution in [-0.4, -0.2) is 10.0 Å². The molecule has 1 aromatic carbocycles. The maximum Gasteiger partial charge on any atom is 0.123 e. The first-order valence-electron chi connectivity index (χ1n) is 7.06. The van der Waals surface area contributed by atoms with Gasteiger partial charge >= 0.3 is 0 Å². The molecular formula is C17H21IO. The number of hydrogen-bond acceptors (Lipinski definition) is 1. The van der Waals surface area contributed by atoms with Crippen molar-refractivity contribution in [1.29, 1.82) is 0 Å². The Hall–Kier alpha value is -0.510. The fraction of sp³-hybridized carbons (Fsp3) is 0.529. The van der Waals surface area contributed by atoms with E-state index in [1.54, 1.807) is 0 Å². The van der Waals surface area contributed by atoms with Crippen molar-refractivity contribution in [2.45, 2.75) is 49.1 Å². The van der Waals surface area contributed by atoms with Crippen molar-refractivity contribution in [2.75, 3.05) is 0 Å². The zero-order valence-corrected chi connectivity index (χ0v) is 14.0. The van der Waals surface area contributed by atoms with E-state index in [1.807, 2.05) is 0 Å². The zero-order valence-electron chi connectivity index (χ0n) is 11.8. The van der Waals surface area contributed by atoms with Gasteiger partial charge < -0.3 is 4.74 Å². The molecule has 0 radical (unpaired) electrons. The molecule has 0 spiro atoms. The molecule has 3 rings (SSSR count). The summed E-state index contributed by atoms with van der Waals surface area (Å²) < 4.78 is 6.86. The first-order chi connectivity index (χ1) is 8.95. The van der Waals surface area contributed by atoms with Gasteiger partial charge in [-0.1, -0.05) is 67.6 Å². The second-order valence-electron chi connectivity index (χ2n) is 6.70. The molecule has 102 valence electrons. The molecule has 0 amide bonds. The minimum absolute atomic E-state index is 0.208. The number of fused-ring (bicyclic) bond motifs is 2. The molecule has 2 heteroatoms. The van der Waals surface area contributed by atoms with Crippen molar-refractivity contribution in [3.05, 3.63) is 41.5 Å². The van der Waals surface area contributed by atoms with Crippen LogP contribution < -0.4 is 4.74 Å². The summed E-state index contributed by atoms with van der Waals surface area (Å²) in [6.07, 6.45) is 7.29. The number of halogens is 1. The minimum atomic E-state index is 0.208. The van der Waals surface area contributed by atoms with Gasteiger partial charge in [0.15, 0.2) is 0 Å². The van der Waals surface area contributed by atoms with Gasteiger partial charge in [0.25, 0.3) is 0 Å². The lowest BCUT2D eigenvalue weighted by Crippen LogP contribution is -2.40. The van der Waals surface area contributed by atoms with Crippen LogP contribution in [0, 0.1) is 5.92 Å². The lowest BCUT2D eigenvalue weighted by Gasteiger charge is -2.37. The molecule has 0 bridgehead atoms. The van der Waals surface area contributed by atoms with Gasteiger partial charge in [0.1, 0.15) is 11.9 Å². The minimum Gasteiger partial charge on any atom is -0.488 e. The predicted molar refractivity (Wildman–Crippen MR) is 88.3 cm³/mol. The quantitative estimate of drug-likeness (QED) is 0.368. The van der Waals surface area contributed by atoms with Gasteiger partial charge in [0.2, 0.25) is 0 Å². The van der Waals surface area contributed by atoms with Crippen LogP contribution in [0.4, 0.5) is 0 Å². The van der Waals surface area contributed by atoms with E-state index in [0.717, 1.165) is 18.6 Å². The van der Waals surface area contributed by atoms with Crippen LogP contribution in [0.5, 0.6) is 5.75 Å². The number of allylic oxidation sites excluding steroid dienone is 1. The van der Waals surface area contributed by atoms with Crippen LogP contribution in [-0.2, 0) is 11.8 Å². The highest BCUT2D eigenvalue weighted by Crippen LogP contribution is 2.39. The highest BCUT2D eigenvalue weighted by Gasteiger charge is 2.35. The maximum absolute atomic E-state index is 6.26. The summed E-state index contributed by atoms with van der Waals surface area (Å²) in [5.41, 5.74) is 2.99. The Labute approximate surface area is 129 Å².